The number of aliphatic imine (C=N–C) groups is 4. The first kappa shape index (κ1) is 51.5. The zero-order valence-electron chi connectivity index (χ0n) is 35.8. The number of hydrogen-bond donors (Lipinski definition) is 5. The van der Waals surface area contributed by atoms with Crippen LogP contribution in [-0.4, -0.2) is 94.5 Å². The van der Waals surface area contributed by atoms with Gasteiger partial charge in [-0.1, -0.05) is 59.6 Å². The number of methoxy groups -OCH3 is 4. The molecule has 2 heterocycles. The highest BCUT2D eigenvalue weighted by atomic mass is 35.5. The number of urea groups is 2. The second-order valence-electron chi connectivity index (χ2n) is 13.1. The van der Waals surface area contributed by atoms with Gasteiger partial charge in [0, 0.05) is 64.2 Å². The van der Waals surface area contributed by atoms with Gasteiger partial charge in [0.1, 0.15) is 5.70 Å². The molecule has 8 N–H and O–H groups in total. The average Bonchev–Trinajstić information content (AvgIpc) is 3.52. The van der Waals surface area contributed by atoms with E-state index in [1.165, 1.54) is 52.7 Å². The summed E-state index contributed by atoms with van der Waals surface area (Å²) in [6.45, 7) is 3.54. The highest BCUT2D eigenvalue weighted by molar-refractivity contribution is 6.37. The van der Waals surface area contributed by atoms with Crippen LogP contribution < -0.4 is 37.6 Å². The molecule has 0 saturated heterocycles. The summed E-state index contributed by atoms with van der Waals surface area (Å²) in [5, 5.41) is 4.87. The van der Waals surface area contributed by atoms with Crippen molar-refractivity contribution in [2.45, 2.75) is 19.9 Å². The molecule has 2 aliphatic rings. The van der Waals surface area contributed by atoms with Crippen molar-refractivity contribution in [2.24, 2.45) is 42.4 Å². The van der Waals surface area contributed by atoms with Gasteiger partial charge < -0.3 is 35.3 Å². The van der Waals surface area contributed by atoms with Crippen molar-refractivity contribution in [3.05, 3.63) is 128 Å². The number of carbonyl (C=O) groups excluding carboxylic acids is 2. The number of primary amides is 2. The highest BCUT2D eigenvalue weighted by Gasteiger charge is 2.29. The van der Waals surface area contributed by atoms with Crippen LogP contribution in [0.25, 0.3) is 0 Å². The summed E-state index contributed by atoms with van der Waals surface area (Å²) < 4.78 is 50.3. The monoisotopic (exact) mass is 943 g/mol. The van der Waals surface area contributed by atoms with Gasteiger partial charge in [-0.3, -0.25) is 10.4 Å². The van der Waals surface area contributed by atoms with E-state index in [1.54, 1.807) is 42.7 Å². The Morgan fingerprint density at radius 3 is 1.64 bits per heavy atom. The third-order valence-electron chi connectivity index (χ3n) is 8.98. The van der Waals surface area contributed by atoms with Gasteiger partial charge in [-0.25, -0.2) is 44.6 Å². The van der Waals surface area contributed by atoms with Crippen LogP contribution in [0.15, 0.2) is 109 Å². The average molecular weight is 945 g/mol. The largest absolute Gasteiger partial charge is 0.494 e. The van der Waals surface area contributed by atoms with Crippen LogP contribution in [0, 0.1) is 11.6 Å². The molecule has 6 rings (SSSR count). The number of halogens is 5. The minimum atomic E-state index is -0.829. The van der Waals surface area contributed by atoms with Crippen LogP contribution in [0.1, 0.15) is 36.1 Å². The maximum atomic E-state index is 14.6. The number of nitrogens with zero attached hydrogens (tertiary/aromatic N) is 6. The molecular weight excluding hydrogens is 899 g/mol. The minimum absolute atomic E-state index is 0. The van der Waals surface area contributed by atoms with Crippen LogP contribution in [-0.2, 0) is 9.47 Å². The summed E-state index contributed by atoms with van der Waals surface area (Å²) >= 11 is 12.8. The lowest BCUT2D eigenvalue weighted by Gasteiger charge is -2.17. The lowest BCUT2D eigenvalue weighted by molar-refractivity contribution is 0.248. The summed E-state index contributed by atoms with van der Waals surface area (Å²) in [6, 6.07) is 17.6. The number of benzene rings is 4. The van der Waals surface area contributed by atoms with Crippen molar-refractivity contribution < 1.29 is 37.3 Å². The quantitative estimate of drug-likeness (QED) is 0.0549. The molecule has 1 unspecified atom stereocenters. The van der Waals surface area contributed by atoms with Gasteiger partial charge in [0.25, 0.3) is 0 Å². The highest BCUT2D eigenvalue weighted by Crippen LogP contribution is 2.37. The Kier molecular flexibility index (Phi) is 19.0. The first-order chi connectivity index (χ1) is 30.0. The third kappa shape index (κ3) is 12.4. The predicted octanol–water partition coefficient (Wildman–Crippen LogP) is 7.19. The number of carbonyl (C=O) groups is 2. The standard InChI is InChI=1S/C21H21ClFN3O2.C20H19ClFN5O3.CH5N3O.ClH/c1-12(26(2)3)19-21(28-5)24-17-11-18(27-4)16(23)10-14(17)20(25-19)13-8-6-7-9-15(13)22;1-10(26-27-20(23)28)17-19(30-3)24-15-9-16(29-2)14(22)8-12(15)18(25-17)11-6-4-5-7-13(11)21;2-1(5)4-3;/h6-11H,1-5H3;4-9,17H,1-3H3,(H3,23,27,28);3H2,(H3,2,4,5);1H/b19-12+;26-10+;;. The number of nitrogens with two attached hydrogens (primary N) is 3. The van der Waals surface area contributed by atoms with Gasteiger partial charge in [0.2, 0.25) is 11.8 Å². The van der Waals surface area contributed by atoms with E-state index < -0.39 is 29.7 Å². The lowest BCUT2D eigenvalue weighted by atomic mass is 10.00. The summed E-state index contributed by atoms with van der Waals surface area (Å²) in [7, 11) is 9.53. The van der Waals surface area contributed by atoms with Crippen molar-refractivity contribution in [3.8, 4) is 11.5 Å². The first-order valence-electron chi connectivity index (χ1n) is 18.4. The zero-order chi connectivity index (χ0) is 46.5. The molecule has 4 amide bonds. The van der Waals surface area contributed by atoms with E-state index in [1.807, 2.05) is 44.1 Å². The van der Waals surface area contributed by atoms with Gasteiger partial charge in [-0.05, 0) is 38.1 Å². The second kappa shape index (κ2) is 23.6. The fraction of sp³-hybridized carbons (Fsp3) is 0.214. The Balaban J connectivity index is 0.000000304. The number of hydrazine groups is 1. The number of hydrazone groups is 1. The first-order valence-corrected chi connectivity index (χ1v) is 19.2. The van der Waals surface area contributed by atoms with Crippen molar-refractivity contribution in [1.82, 2.24) is 15.8 Å². The van der Waals surface area contributed by atoms with Gasteiger partial charge >= 0.3 is 12.1 Å². The van der Waals surface area contributed by atoms with Crippen molar-refractivity contribution >= 4 is 88.0 Å². The molecule has 4 aromatic carbocycles. The molecule has 17 nitrogen and oxygen atoms in total. The van der Waals surface area contributed by atoms with Crippen LogP contribution in [0.5, 0.6) is 11.5 Å². The van der Waals surface area contributed by atoms with Gasteiger partial charge in [0.05, 0.1) is 56.9 Å². The lowest BCUT2D eigenvalue weighted by Crippen LogP contribution is -2.34. The molecule has 4 aromatic rings. The van der Waals surface area contributed by atoms with E-state index in [2.05, 4.69) is 32.1 Å². The molecule has 2 aliphatic heterocycles. The SMILES string of the molecule is COC1=Nc2cc(OC)c(F)cc2C(c2ccccc2Cl)=N/C1=C(\C)N(C)C.COC1=Nc2cc(OC)c(F)cc2C(c2ccccc2Cl)=NC1/C(C)=N/NC(N)=O.Cl.NNC(N)=O. The summed E-state index contributed by atoms with van der Waals surface area (Å²) in [6.07, 6.45) is 0. The van der Waals surface area contributed by atoms with E-state index in [9.17, 15) is 18.4 Å². The molecule has 0 aromatic heterocycles. The summed E-state index contributed by atoms with van der Waals surface area (Å²) in [5.41, 5.74) is 19.0. The fourth-order valence-corrected chi connectivity index (χ4v) is 6.18. The number of ether oxygens (including phenoxy) is 4. The van der Waals surface area contributed by atoms with Gasteiger partial charge in [-0.15, -0.1) is 12.4 Å². The van der Waals surface area contributed by atoms with Crippen molar-refractivity contribution in [2.75, 3.05) is 42.5 Å². The molecule has 0 spiro atoms. The van der Waals surface area contributed by atoms with Crippen LogP contribution in [0.4, 0.5) is 29.7 Å². The summed E-state index contributed by atoms with van der Waals surface area (Å²) in [4.78, 5) is 41.0. The Morgan fingerprint density at radius 2 is 1.20 bits per heavy atom. The molecule has 64 heavy (non-hydrogen) atoms. The molecule has 0 saturated carbocycles. The third-order valence-corrected chi connectivity index (χ3v) is 9.64. The number of hydrogen-bond acceptors (Lipinski definition) is 13. The maximum Gasteiger partial charge on any atom is 0.332 e. The molecule has 0 bridgehead atoms. The van der Waals surface area contributed by atoms with E-state index in [0.29, 0.717) is 72.4 Å². The molecule has 1 atom stereocenters. The zero-order valence-corrected chi connectivity index (χ0v) is 38.1. The van der Waals surface area contributed by atoms with Gasteiger partial charge in [0.15, 0.2) is 29.2 Å². The summed E-state index contributed by atoms with van der Waals surface area (Å²) in [5.74, 6) is 3.97. The second-order valence-corrected chi connectivity index (χ2v) is 14.0. The molecule has 0 fully saturated rings. The Morgan fingerprint density at radius 1 is 0.719 bits per heavy atom. The number of allylic oxidation sites excluding steroid dienone is 1. The van der Waals surface area contributed by atoms with Crippen molar-refractivity contribution in [3.63, 3.8) is 0 Å². The predicted molar refractivity (Wildman–Crippen MR) is 248 cm³/mol. The minimum Gasteiger partial charge on any atom is -0.494 e. The number of nitrogens with one attached hydrogen (secondary N) is 2. The Hall–Kier alpha value is -6.80. The van der Waals surface area contributed by atoms with Crippen molar-refractivity contribution in [1.29, 1.82) is 0 Å². The van der Waals surface area contributed by atoms with E-state index in [0.717, 1.165) is 5.70 Å². The molecule has 340 valence electrons. The van der Waals surface area contributed by atoms with Crippen LogP contribution in [0.3, 0.4) is 0 Å². The van der Waals surface area contributed by atoms with Crippen LogP contribution >= 0.6 is 35.6 Å². The Labute approximate surface area is 384 Å². The van der Waals surface area contributed by atoms with Gasteiger partial charge in [-0.2, -0.15) is 5.10 Å². The van der Waals surface area contributed by atoms with E-state index in [4.69, 9.17) is 57.9 Å². The van der Waals surface area contributed by atoms with E-state index >= 15 is 0 Å². The van der Waals surface area contributed by atoms with Crippen LogP contribution in [0.2, 0.25) is 10.0 Å². The molecular formula is C42H46Cl3F2N11O6. The number of amides is 4. The smallest absolute Gasteiger partial charge is 0.332 e. The fourth-order valence-electron chi connectivity index (χ4n) is 5.73. The molecule has 0 radical (unpaired) electrons. The number of rotatable bonds is 7. The Bertz CT molecular complexity index is 2570. The topological polar surface area (TPSA) is 238 Å². The normalized spacial score (nSPS) is 14.6. The molecule has 0 aliphatic carbocycles. The van der Waals surface area contributed by atoms with E-state index in [-0.39, 0.29) is 29.8 Å². The maximum absolute atomic E-state index is 14.6. The number of fused-ring (bicyclic) bond motifs is 2. The molecule has 22 heteroatoms.